The van der Waals surface area contributed by atoms with Gasteiger partial charge in [0.1, 0.15) is 0 Å². The van der Waals surface area contributed by atoms with Crippen molar-refractivity contribution in [3.8, 4) is 0 Å². The summed E-state index contributed by atoms with van der Waals surface area (Å²) in [6.45, 7) is 3.01. The maximum atomic E-state index is 11.7. The van der Waals surface area contributed by atoms with Gasteiger partial charge in [-0.2, -0.15) is 0 Å². The fourth-order valence-corrected chi connectivity index (χ4v) is 1.67. The van der Waals surface area contributed by atoms with Gasteiger partial charge in [0.2, 0.25) is 5.91 Å². The van der Waals surface area contributed by atoms with Crippen molar-refractivity contribution in [3.63, 3.8) is 0 Å². The Morgan fingerprint density at radius 1 is 1.41 bits per heavy atom. The highest BCUT2D eigenvalue weighted by atomic mass is 35.5. The van der Waals surface area contributed by atoms with Crippen LogP contribution in [0.25, 0.3) is 0 Å². The Hall–Kier alpha value is -1.42. The van der Waals surface area contributed by atoms with E-state index in [-0.39, 0.29) is 5.91 Å². The summed E-state index contributed by atoms with van der Waals surface area (Å²) in [5.41, 5.74) is 7.33. The van der Waals surface area contributed by atoms with Gasteiger partial charge in [0.25, 0.3) is 0 Å². The fraction of sp³-hybridized carbons (Fsp3) is 0.417. The van der Waals surface area contributed by atoms with Crippen molar-refractivity contribution in [2.45, 2.75) is 6.92 Å². The molecule has 94 valence electrons. The van der Waals surface area contributed by atoms with Crippen molar-refractivity contribution in [3.05, 3.63) is 23.2 Å². The summed E-state index contributed by atoms with van der Waals surface area (Å²) < 4.78 is 0. The zero-order valence-electron chi connectivity index (χ0n) is 10.4. The molecule has 0 aliphatic carbocycles. The molecule has 0 saturated heterocycles. The molecule has 0 fully saturated rings. The largest absolute Gasteiger partial charge is 0.397 e. The van der Waals surface area contributed by atoms with Crippen LogP contribution in [-0.2, 0) is 4.79 Å². The number of hydrogen-bond donors (Lipinski definition) is 1. The molecule has 4 nitrogen and oxygen atoms in total. The van der Waals surface area contributed by atoms with Crippen LogP contribution < -0.4 is 10.6 Å². The molecule has 1 aromatic carbocycles. The molecule has 0 unspecified atom stereocenters. The molecule has 0 saturated carbocycles. The van der Waals surface area contributed by atoms with Crippen LogP contribution in [0.5, 0.6) is 0 Å². The molecule has 0 spiro atoms. The van der Waals surface area contributed by atoms with Gasteiger partial charge in [-0.15, -0.1) is 0 Å². The van der Waals surface area contributed by atoms with Crippen LogP contribution in [0.3, 0.4) is 0 Å². The van der Waals surface area contributed by atoms with Gasteiger partial charge in [0.05, 0.1) is 17.9 Å². The maximum Gasteiger partial charge on any atom is 0.241 e. The molecule has 0 aromatic heterocycles. The zero-order valence-corrected chi connectivity index (χ0v) is 11.2. The van der Waals surface area contributed by atoms with Gasteiger partial charge in [0, 0.05) is 25.7 Å². The minimum atomic E-state index is 0.0428. The van der Waals surface area contributed by atoms with E-state index in [9.17, 15) is 4.79 Å². The topological polar surface area (TPSA) is 49.6 Å². The summed E-state index contributed by atoms with van der Waals surface area (Å²) in [5.74, 6) is 0.0428. The number of amides is 1. The van der Waals surface area contributed by atoms with Crippen LogP contribution in [0.1, 0.15) is 6.92 Å². The molecular weight excluding hydrogens is 238 g/mol. The maximum absolute atomic E-state index is 11.7. The Kier molecular flexibility index (Phi) is 4.63. The van der Waals surface area contributed by atoms with Crippen LogP contribution in [0.2, 0.25) is 5.02 Å². The van der Waals surface area contributed by atoms with E-state index in [1.807, 2.05) is 17.9 Å². The Bertz CT molecular complexity index is 407. The predicted octanol–water partition coefficient (Wildman–Crippen LogP) is 1.84. The van der Waals surface area contributed by atoms with Crippen LogP contribution in [0.4, 0.5) is 11.4 Å². The Balaban J connectivity index is 2.90. The van der Waals surface area contributed by atoms with Crippen molar-refractivity contribution in [1.82, 2.24) is 4.90 Å². The third-order valence-electron chi connectivity index (χ3n) is 2.54. The molecule has 0 heterocycles. The second-order valence-corrected chi connectivity index (χ2v) is 4.44. The smallest absolute Gasteiger partial charge is 0.241 e. The van der Waals surface area contributed by atoms with Gasteiger partial charge in [-0.3, -0.25) is 4.79 Å². The number of nitrogens with two attached hydrogens (primary N) is 1. The summed E-state index contributed by atoms with van der Waals surface area (Å²) in [4.78, 5) is 15.2. The second-order valence-electron chi connectivity index (χ2n) is 4.01. The van der Waals surface area contributed by atoms with Crippen molar-refractivity contribution >= 4 is 28.9 Å². The van der Waals surface area contributed by atoms with Crippen molar-refractivity contribution in [2.24, 2.45) is 0 Å². The fourth-order valence-electron chi connectivity index (χ4n) is 1.49. The van der Waals surface area contributed by atoms with Gasteiger partial charge in [-0.05, 0) is 25.1 Å². The SMILES string of the molecule is CCN(CC(=O)N(C)C)c1ccc(Cl)cc1N. The third-order valence-corrected chi connectivity index (χ3v) is 2.77. The number of halogens is 1. The molecule has 0 atom stereocenters. The third kappa shape index (κ3) is 3.53. The number of anilines is 2. The Morgan fingerprint density at radius 3 is 2.53 bits per heavy atom. The molecule has 1 rings (SSSR count). The highest BCUT2D eigenvalue weighted by Crippen LogP contribution is 2.26. The van der Waals surface area contributed by atoms with Crippen LogP contribution in [0, 0.1) is 0 Å². The minimum absolute atomic E-state index is 0.0428. The molecule has 2 N–H and O–H groups in total. The first-order valence-corrected chi connectivity index (χ1v) is 5.83. The monoisotopic (exact) mass is 255 g/mol. The van der Waals surface area contributed by atoms with E-state index in [0.717, 1.165) is 5.69 Å². The van der Waals surface area contributed by atoms with Gasteiger partial charge >= 0.3 is 0 Å². The van der Waals surface area contributed by atoms with Crippen molar-refractivity contribution < 1.29 is 4.79 Å². The zero-order chi connectivity index (χ0) is 13.0. The first kappa shape index (κ1) is 13.6. The summed E-state index contributed by atoms with van der Waals surface area (Å²) in [5, 5.41) is 0.598. The number of benzene rings is 1. The molecule has 1 amide bonds. The summed E-state index contributed by atoms with van der Waals surface area (Å²) in [6.07, 6.45) is 0. The summed E-state index contributed by atoms with van der Waals surface area (Å²) in [7, 11) is 3.47. The van der Waals surface area contributed by atoms with E-state index in [1.54, 1.807) is 31.1 Å². The van der Waals surface area contributed by atoms with Crippen molar-refractivity contribution in [2.75, 3.05) is 37.8 Å². The Morgan fingerprint density at radius 2 is 2.06 bits per heavy atom. The number of nitrogens with zero attached hydrogens (tertiary/aromatic N) is 2. The van der Waals surface area contributed by atoms with Gasteiger partial charge in [-0.1, -0.05) is 11.6 Å². The van der Waals surface area contributed by atoms with E-state index in [1.165, 1.54) is 0 Å². The van der Waals surface area contributed by atoms with Crippen LogP contribution in [0.15, 0.2) is 18.2 Å². The van der Waals surface area contributed by atoms with E-state index in [2.05, 4.69) is 0 Å². The first-order chi connectivity index (χ1) is 7.95. The lowest BCUT2D eigenvalue weighted by atomic mass is 10.2. The number of carbonyl (C=O) groups excluding carboxylic acids is 1. The molecule has 0 bridgehead atoms. The highest BCUT2D eigenvalue weighted by Gasteiger charge is 2.13. The Labute approximate surface area is 107 Å². The quantitative estimate of drug-likeness (QED) is 0.836. The molecule has 0 radical (unpaired) electrons. The average molecular weight is 256 g/mol. The van der Waals surface area contributed by atoms with E-state index in [4.69, 9.17) is 17.3 Å². The number of rotatable bonds is 4. The molecule has 0 aliphatic heterocycles. The summed E-state index contributed by atoms with van der Waals surface area (Å²) >= 11 is 5.85. The molecule has 1 aromatic rings. The van der Waals surface area contributed by atoms with E-state index >= 15 is 0 Å². The number of nitrogen functional groups attached to an aromatic ring is 1. The lowest BCUT2D eigenvalue weighted by Gasteiger charge is -2.25. The normalized spacial score (nSPS) is 10.1. The van der Waals surface area contributed by atoms with Crippen molar-refractivity contribution in [1.29, 1.82) is 0 Å². The second kappa shape index (κ2) is 5.77. The van der Waals surface area contributed by atoms with Gasteiger partial charge in [0.15, 0.2) is 0 Å². The molecule has 0 aliphatic rings. The lowest BCUT2D eigenvalue weighted by Crippen LogP contribution is -2.36. The number of carbonyl (C=O) groups is 1. The van der Waals surface area contributed by atoms with Crippen LogP contribution >= 0.6 is 11.6 Å². The number of hydrogen-bond acceptors (Lipinski definition) is 3. The van der Waals surface area contributed by atoms with E-state index < -0.39 is 0 Å². The highest BCUT2D eigenvalue weighted by molar-refractivity contribution is 6.31. The molecule has 5 heteroatoms. The predicted molar refractivity (Wildman–Crippen MR) is 72.4 cm³/mol. The van der Waals surface area contributed by atoms with E-state index in [0.29, 0.717) is 23.8 Å². The molecular formula is C12H18ClN3O. The number of likely N-dealkylation sites (N-methyl/N-ethyl adjacent to an activating group) is 2. The lowest BCUT2D eigenvalue weighted by molar-refractivity contribution is -0.127. The minimum Gasteiger partial charge on any atom is -0.397 e. The van der Waals surface area contributed by atoms with Gasteiger partial charge in [-0.25, -0.2) is 0 Å². The van der Waals surface area contributed by atoms with Crippen LogP contribution in [-0.4, -0.2) is 38.0 Å². The first-order valence-electron chi connectivity index (χ1n) is 5.45. The molecule has 17 heavy (non-hydrogen) atoms. The average Bonchev–Trinajstić information content (AvgIpc) is 2.26. The van der Waals surface area contributed by atoms with Gasteiger partial charge < -0.3 is 15.5 Å². The standard InChI is InChI=1S/C12H18ClN3O/c1-4-16(8-12(17)15(2)3)11-6-5-9(13)7-10(11)14/h5-7H,4,8,14H2,1-3H3. The summed E-state index contributed by atoms with van der Waals surface area (Å²) in [6, 6.07) is 5.31.